The van der Waals surface area contributed by atoms with Gasteiger partial charge >= 0.3 is 0 Å². The van der Waals surface area contributed by atoms with Crippen LogP contribution in [0.5, 0.6) is 0 Å². The van der Waals surface area contributed by atoms with E-state index in [1.165, 1.54) is 12.1 Å². The number of anilines is 2. The van der Waals surface area contributed by atoms with E-state index in [0.29, 0.717) is 24.9 Å². The van der Waals surface area contributed by atoms with Crippen LogP contribution in [0.3, 0.4) is 0 Å². The average molecular weight is 438 g/mol. The van der Waals surface area contributed by atoms with Gasteiger partial charge in [0.25, 0.3) is 0 Å². The highest BCUT2D eigenvalue weighted by Gasteiger charge is 2.09. The van der Waals surface area contributed by atoms with E-state index in [9.17, 15) is 8.42 Å². The largest absolute Gasteiger partial charge is 0.366 e. The van der Waals surface area contributed by atoms with Gasteiger partial charge in [-0.05, 0) is 42.3 Å². The van der Waals surface area contributed by atoms with Crippen LogP contribution in [0.4, 0.5) is 11.8 Å². The van der Waals surface area contributed by atoms with E-state index in [2.05, 4.69) is 43.9 Å². The number of nitrogens with two attached hydrogens (primary N) is 1. The van der Waals surface area contributed by atoms with Crippen LogP contribution in [0.1, 0.15) is 16.8 Å². The van der Waals surface area contributed by atoms with Gasteiger partial charge in [-0.25, -0.2) is 18.5 Å². The summed E-state index contributed by atoms with van der Waals surface area (Å²) in [4.78, 5) is 8.75. The van der Waals surface area contributed by atoms with Gasteiger partial charge in [0, 0.05) is 37.4 Å². The summed E-state index contributed by atoms with van der Waals surface area (Å²) in [5.41, 5.74) is 3.95. The minimum atomic E-state index is -3.74. The Bertz CT molecular complexity index is 1350. The maximum Gasteiger partial charge on any atom is 0.238 e. The molecule has 0 atom stereocenters. The number of sulfonamides is 1. The van der Waals surface area contributed by atoms with Crippen LogP contribution in [0.25, 0.3) is 10.9 Å². The molecule has 0 aliphatic carbocycles. The van der Waals surface area contributed by atoms with Gasteiger partial charge in [-0.3, -0.25) is 4.68 Å². The van der Waals surface area contributed by atoms with Crippen LogP contribution in [0.2, 0.25) is 0 Å². The van der Waals surface area contributed by atoms with Crippen molar-refractivity contribution < 1.29 is 8.42 Å². The maximum atomic E-state index is 11.5. The second-order valence-electron chi connectivity index (χ2n) is 7.23. The third-order valence-electron chi connectivity index (χ3n) is 5.00. The standard InChI is InChI=1S/C21H23N7O2S/c1-14-18-7-6-16(11-19(18)27-28(14)2)12-24-20-8-9-23-21(26-20)25-13-15-4-3-5-17(10-15)31(22,29)30/h3-11H,12-13H2,1-2H3,(H2,22,29,30)(H2,23,24,25,26). The molecular weight excluding hydrogens is 414 g/mol. The number of nitrogens with zero attached hydrogens (tertiary/aromatic N) is 4. The first-order valence-electron chi connectivity index (χ1n) is 9.64. The van der Waals surface area contributed by atoms with Gasteiger partial charge < -0.3 is 10.6 Å². The summed E-state index contributed by atoms with van der Waals surface area (Å²) in [5, 5.41) is 17.3. The summed E-state index contributed by atoms with van der Waals surface area (Å²) in [7, 11) is -1.80. The number of nitrogens with one attached hydrogen (secondary N) is 2. The Morgan fingerprint density at radius 3 is 2.61 bits per heavy atom. The molecule has 4 N–H and O–H groups in total. The lowest BCUT2D eigenvalue weighted by Gasteiger charge is -2.09. The lowest BCUT2D eigenvalue weighted by Crippen LogP contribution is -2.13. The topological polar surface area (TPSA) is 128 Å². The number of aryl methyl sites for hydroxylation is 2. The maximum absolute atomic E-state index is 11.5. The molecule has 9 nitrogen and oxygen atoms in total. The Hall–Kier alpha value is -3.50. The number of rotatable bonds is 7. The Morgan fingerprint density at radius 1 is 1.03 bits per heavy atom. The first-order valence-corrected chi connectivity index (χ1v) is 11.2. The molecule has 0 bridgehead atoms. The quantitative estimate of drug-likeness (QED) is 0.405. The Morgan fingerprint density at radius 2 is 1.81 bits per heavy atom. The zero-order valence-corrected chi connectivity index (χ0v) is 18.0. The van der Waals surface area contributed by atoms with Gasteiger partial charge in [-0.15, -0.1) is 0 Å². The molecule has 0 unspecified atom stereocenters. The van der Waals surface area contributed by atoms with Gasteiger partial charge in [0.1, 0.15) is 5.82 Å². The highest BCUT2D eigenvalue weighted by atomic mass is 32.2. The van der Waals surface area contributed by atoms with Gasteiger partial charge in [-0.1, -0.05) is 24.3 Å². The van der Waals surface area contributed by atoms with E-state index >= 15 is 0 Å². The first-order chi connectivity index (χ1) is 14.8. The predicted octanol–water partition coefficient (Wildman–Crippen LogP) is 2.54. The fourth-order valence-corrected chi connectivity index (χ4v) is 3.82. The van der Waals surface area contributed by atoms with Crippen molar-refractivity contribution in [3.05, 3.63) is 71.5 Å². The van der Waals surface area contributed by atoms with Crippen molar-refractivity contribution in [1.82, 2.24) is 19.7 Å². The number of hydrogen-bond acceptors (Lipinski definition) is 7. The third-order valence-corrected chi connectivity index (χ3v) is 5.91. The van der Waals surface area contributed by atoms with Crippen molar-refractivity contribution in [2.45, 2.75) is 24.9 Å². The summed E-state index contributed by atoms with van der Waals surface area (Å²) < 4.78 is 24.9. The minimum absolute atomic E-state index is 0.0724. The highest BCUT2D eigenvalue weighted by Crippen LogP contribution is 2.19. The molecule has 0 aliphatic heterocycles. The van der Waals surface area contributed by atoms with Crippen LogP contribution in [-0.2, 0) is 30.2 Å². The Kier molecular flexibility index (Phi) is 5.57. The van der Waals surface area contributed by atoms with Crippen molar-refractivity contribution in [2.24, 2.45) is 12.2 Å². The van der Waals surface area contributed by atoms with Gasteiger partial charge in [0.05, 0.1) is 10.4 Å². The summed E-state index contributed by atoms with van der Waals surface area (Å²) in [6.07, 6.45) is 1.66. The fourth-order valence-electron chi connectivity index (χ4n) is 3.24. The van der Waals surface area contributed by atoms with Crippen LogP contribution in [0.15, 0.2) is 59.6 Å². The molecule has 4 rings (SSSR count). The van der Waals surface area contributed by atoms with Crippen molar-refractivity contribution >= 4 is 32.7 Å². The molecule has 2 heterocycles. The van der Waals surface area contributed by atoms with E-state index in [4.69, 9.17) is 5.14 Å². The molecule has 31 heavy (non-hydrogen) atoms. The third kappa shape index (κ3) is 4.81. The molecule has 160 valence electrons. The number of hydrogen-bond donors (Lipinski definition) is 3. The molecule has 0 fully saturated rings. The minimum Gasteiger partial charge on any atom is -0.366 e. The summed E-state index contributed by atoms with van der Waals surface area (Å²) >= 11 is 0. The first kappa shape index (κ1) is 20.8. The number of fused-ring (bicyclic) bond motifs is 1. The number of benzene rings is 2. The molecule has 4 aromatic rings. The second kappa shape index (κ2) is 8.32. The van der Waals surface area contributed by atoms with Crippen molar-refractivity contribution in [2.75, 3.05) is 10.6 Å². The van der Waals surface area contributed by atoms with E-state index in [1.807, 2.05) is 18.7 Å². The molecule has 0 radical (unpaired) electrons. The molecule has 10 heteroatoms. The number of aromatic nitrogens is 4. The molecule has 0 amide bonds. The molecule has 0 saturated heterocycles. The van der Waals surface area contributed by atoms with Crippen LogP contribution >= 0.6 is 0 Å². The Balaban J connectivity index is 1.41. The molecule has 2 aromatic heterocycles. The zero-order chi connectivity index (χ0) is 22.0. The van der Waals surface area contributed by atoms with E-state index in [0.717, 1.165) is 27.7 Å². The van der Waals surface area contributed by atoms with E-state index < -0.39 is 10.0 Å². The Labute approximate surface area is 180 Å². The van der Waals surface area contributed by atoms with Gasteiger partial charge in [0.15, 0.2) is 0 Å². The van der Waals surface area contributed by atoms with Crippen molar-refractivity contribution in [3.63, 3.8) is 0 Å². The average Bonchev–Trinajstić information content (AvgIpc) is 3.04. The smallest absolute Gasteiger partial charge is 0.238 e. The predicted molar refractivity (Wildman–Crippen MR) is 120 cm³/mol. The zero-order valence-electron chi connectivity index (χ0n) is 17.2. The fraction of sp³-hybridized carbons (Fsp3) is 0.190. The number of primary sulfonamides is 1. The summed E-state index contributed by atoms with van der Waals surface area (Å²) in [6, 6.07) is 14.4. The van der Waals surface area contributed by atoms with E-state index in [-0.39, 0.29) is 4.90 Å². The SMILES string of the molecule is Cc1c2ccc(CNc3ccnc(NCc4cccc(S(N)(=O)=O)c4)n3)cc2nn1C. The summed E-state index contributed by atoms with van der Waals surface area (Å²) in [5.74, 6) is 1.11. The van der Waals surface area contributed by atoms with Crippen molar-refractivity contribution in [1.29, 1.82) is 0 Å². The van der Waals surface area contributed by atoms with Gasteiger partial charge in [-0.2, -0.15) is 10.1 Å². The van der Waals surface area contributed by atoms with E-state index in [1.54, 1.807) is 24.4 Å². The highest BCUT2D eigenvalue weighted by molar-refractivity contribution is 7.89. The van der Waals surface area contributed by atoms with Crippen LogP contribution in [0, 0.1) is 6.92 Å². The molecule has 0 spiro atoms. The molecule has 0 aliphatic rings. The van der Waals surface area contributed by atoms with Crippen LogP contribution < -0.4 is 15.8 Å². The monoisotopic (exact) mass is 437 g/mol. The second-order valence-corrected chi connectivity index (χ2v) is 8.79. The normalized spacial score (nSPS) is 11.6. The van der Waals surface area contributed by atoms with Crippen molar-refractivity contribution in [3.8, 4) is 0 Å². The molecular formula is C21H23N7O2S. The molecule has 2 aromatic carbocycles. The summed E-state index contributed by atoms with van der Waals surface area (Å²) in [6.45, 7) is 3.01. The molecule has 0 saturated carbocycles. The van der Waals surface area contributed by atoms with Crippen LogP contribution in [-0.4, -0.2) is 28.2 Å². The lowest BCUT2D eigenvalue weighted by atomic mass is 10.1. The van der Waals surface area contributed by atoms with Gasteiger partial charge in [0.2, 0.25) is 16.0 Å². The lowest BCUT2D eigenvalue weighted by molar-refractivity contribution is 0.597.